The largest absolute Gasteiger partial charge is 0.370 e. The first-order valence-electron chi connectivity index (χ1n) is 8.47. The number of hydrogen-bond donors (Lipinski definition) is 1. The van der Waals surface area contributed by atoms with Crippen LogP contribution >= 0.6 is 11.6 Å². The van der Waals surface area contributed by atoms with E-state index in [1.54, 1.807) is 0 Å². The summed E-state index contributed by atoms with van der Waals surface area (Å²) < 4.78 is 0. The van der Waals surface area contributed by atoms with E-state index < -0.39 is 0 Å². The van der Waals surface area contributed by atoms with Crippen molar-refractivity contribution in [2.24, 2.45) is 5.92 Å². The van der Waals surface area contributed by atoms with Crippen LogP contribution in [0.5, 0.6) is 0 Å². The van der Waals surface area contributed by atoms with Gasteiger partial charge in [0.1, 0.15) is 0 Å². The van der Waals surface area contributed by atoms with Gasteiger partial charge in [0.25, 0.3) is 0 Å². The third-order valence-corrected chi connectivity index (χ3v) is 5.18. The van der Waals surface area contributed by atoms with Crippen LogP contribution < -0.4 is 10.2 Å². The minimum atomic E-state index is 0.632. The third kappa shape index (κ3) is 4.14. The number of anilines is 1. The second kappa shape index (κ2) is 7.02. The molecular formula is C18H27ClN2. The van der Waals surface area contributed by atoms with Crippen LogP contribution in [0.15, 0.2) is 24.3 Å². The van der Waals surface area contributed by atoms with Crippen molar-refractivity contribution in [2.45, 2.75) is 57.5 Å². The Hall–Kier alpha value is -0.730. The van der Waals surface area contributed by atoms with Gasteiger partial charge in [-0.15, -0.1) is 0 Å². The van der Waals surface area contributed by atoms with Crippen molar-refractivity contribution in [3.8, 4) is 0 Å². The average Bonchev–Trinajstić information content (AvgIpc) is 2.48. The minimum Gasteiger partial charge on any atom is -0.370 e. The van der Waals surface area contributed by atoms with E-state index in [1.807, 2.05) is 12.1 Å². The molecule has 1 saturated carbocycles. The van der Waals surface area contributed by atoms with Gasteiger partial charge in [-0.1, -0.05) is 37.8 Å². The zero-order valence-electron chi connectivity index (χ0n) is 13.0. The first-order valence-corrected chi connectivity index (χ1v) is 8.85. The van der Waals surface area contributed by atoms with Gasteiger partial charge >= 0.3 is 0 Å². The number of piperidine rings is 1. The molecule has 2 nitrogen and oxygen atoms in total. The molecule has 0 radical (unpaired) electrons. The topological polar surface area (TPSA) is 15.3 Å². The quantitative estimate of drug-likeness (QED) is 0.886. The molecule has 2 aliphatic rings. The normalized spacial score (nSPS) is 27.8. The van der Waals surface area contributed by atoms with Crippen LogP contribution in [0.1, 0.15) is 45.4 Å². The van der Waals surface area contributed by atoms with E-state index >= 15 is 0 Å². The van der Waals surface area contributed by atoms with E-state index in [9.17, 15) is 0 Å². The van der Waals surface area contributed by atoms with E-state index in [1.165, 1.54) is 44.2 Å². The Kier molecular flexibility index (Phi) is 5.07. The molecule has 116 valence electrons. The Morgan fingerprint density at radius 1 is 1.00 bits per heavy atom. The molecule has 21 heavy (non-hydrogen) atoms. The summed E-state index contributed by atoms with van der Waals surface area (Å²) in [7, 11) is 0. The third-order valence-electron chi connectivity index (χ3n) is 4.93. The van der Waals surface area contributed by atoms with Crippen LogP contribution in [0, 0.1) is 5.92 Å². The summed E-state index contributed by atoms with van der Waals surface area (Å²) in [6, 6.07) is 9.68. The fraction of sp³-hybridized carbons (Fsp3) is 0.667. The minimum absolute atomic E-state index is 0.632. The zero-order valence-corrected chi connectivity index (χ0v) is 13.8. The van der Waals surface area contributed by atoms with Gasteiger partial charge < -0.3 is 10.2 Å². The SMILES string of the molecule is CC1CC(NC2CCCCC2)CN(c2ccc(Cl)cc2)C1. The van der Waals surface area contributed by atoms with E-state index in [2.05, 4.69) is 29.3 Å². The van der Waals surface area contributed by atoms with E-state index in [0.29, 0.717) is 6.04 Å². The summed E-state index contributed by atoms with van der Waals surface area (Å²) in [4.78, 5) is 2.52. The highest BCUT2D eigenvalue weighted by Crippen LogP contribution is 2.26. The number of rotatable bonds is 3. The van der Waals surface area contributed by atoms with Crippen molar-refractivity contribution in [1.82, 2.24) is 5.32 Å². The lowest BCUT2D eigenvalue weighted by Crippen LogP contribution is -2.52. The lowest BCUT2D eigenvalue weighted by atomic mass is 9.91. The molecule has 0 bridgehead atoms. The number of benzene rings is 1. The van der Waals surface area contributed by atoms with Gasteiger partial charge in [-0.3, -0.25) is 0 Å². The van der Waals surface area contributed by atoms with Gasteiger partial charge in [0.15, 0.2) is 0 Å². The van der Waals surface area contributed by atoms with Crippen LogP contribution in [-0.2, 0) is 0 Å². The standard InChI is InChI=1S/C18H27ClN2/c1-14-11-17(20-16-5-3-2-4-6-16)13-21(12-14)18-9-7-15(19)8-10-18/h7-10,14,16-17,20H,2-6,11-13H2,1H3. The Balaban J connectivity index is 1.62. The van der Waals surface area contributed by atoms with E-state index in [0.717, 1.165) is 30.1 Å². The molecule has 3 heteroatoms. The highest BCUT2D eigenvalue weighted by molar-refractivity contribution is 6.30. The summed E-state index contributed by atoms with van der Waals surface area (Å²) in [6.45, 7) is 4.66. The Morgan fingerprint density at radius 2 is 1.71 bits per heavy atom. The van der Waals surface area contributed by atoms with Crippen molar-refractivity contribution < 1.29 is 0 Å². The predicted molar refractivity (Wildman–Crippen MR) is 91.2 cm³/mol. The molecule has 3 rings (SSSR count). The molecule has 2 unspecified atom stereocenters. The number of halogens is 1. The molecule has 0 spiro atoms. The smallest absolute Gasteiger partial charge is 0.0407 e. The Labute approximate surface area is 133 Å². The molecule has 2 fully saturated rings. The maximum atomic E-state index is 6.01. The molecule has 1 heterocycles. The summed E-state index contributed by atoms with van der Waals surface area (Å²) >= 11 is 6.01. The number of hydrogen-bond acceptors (Lipinski definition) is 2. The fourth-order valence-electron chi connectivity index (χ4n) is 3.94. The van der Waals surface area contributed by atoms with Gasteiger partial charge in [-0.05, 0) is 49.4 Å². The summed E-state index contributed by atoms with van der Waals surface area (Å²) in [5, 5.41) is 4.75. The van der Waals surface area contributed by atoms with Crippen molar-refractivity contribution in [2.75, 3.05) is 18.0 Å². The van der Waals surface area contributed by atoms with E-state index in [-0.39, 0.29) is 0 Å². The van der Waals surface area contributed by atoms with E-state index in [4.69, 9.17) is 11.6 Å². The Bertz CT molecular complexity index is 439. The Morgan fingerprint density at radius 3 is 2.43 bits per heavy atom. The van der Waals surface area contributed by atoms with Gasteiger partial charge in [0.2, 0.25) is 0 Å². The zero-order chi connectivity index (χ0) is 14.7. The van der Waals surface area contributed by atoms with Gasteiger partial charge in [-0.25, -0.2) is 0 Å². The first kappa shape index (κ1) is 15.2. The van der Waals surface area contributed by atoms with Crippen molar-refractivity contribution in [3.63, 3.8) is 0 Å². The van der Waals surface area contributed by atoms with Gasteiger partial charge in [0.05, 0.1) is 0 Å². The van der Waals surface area contributed by atoms with Crippen LogP contribution in [0.4, 0.5) is 5.69 Å². The second-order valence-electron chi connectivity index (χ2n) is 6.92. The van der Waals surface area contributed by atoms with Crippen LogP contribution in [0.25, 0.3) is 0 Å². The monoisotopic (exact) mass is 306 g/mol. The van der Waals surface area contributed by atoms with Crippen molar-refractivity contribution in [1.29, 1.82) is 0 Å². The second-order valence-corrected chi connectivity index (χ2v) is 7.36. The van der Waals surface area contributed by atoms with Crippen molar-refractivity contribution >= 4 is 17.3 Å². The van der Waals surface area contributed by atoms with Gasteiger partial charge in [-0.2, -0.15) is 0 Å². The van der Waals surface area contributed by atoms with Crippen LogP contribution in [0.3, 0.4) is 0 Å². The van der Waals surface area contributed by atoms with Crippen molar-refractivity contribution in [3.05, 3.63) is 29.3 Å². The fourth-order valence-corrected chi connectivity index (χ4v) is 4.06. The molecule has 2 atom stereocenters. The summed E-state index contributed by atoms with van der Waals surface area (Å²) in [5.41, 5.74) is 1.31. The highest BCUT2D eigenvalue weighted by Gasteiger charge is 2.27. The highest BCUT2D eigenvalue weighted by atomic mass is 35.5. The molecular weight excluding hydrogens is 280 g/mol. The average molecular weight is 307 g/mol. The first-order chi connectivity index (χ1) is 10.2. The molecule has 1 aromatic rings. The van der Waals surface area contributed by atoms with Crippen LogP contribution in [-0.4, -0.2) is 25.2 Å². The molecule has 1 saturated heterocycles. The number of nitrogens with one attached hydrogen (secondary N) is 1. The predicted octanol–water partition coefficient (Wildman–Crippen LogP) is 4.48. The number of nitrogens with zero attached hydrogens (tertiary/aromatic N) is 1. The molecule has 1 aliphatic heterocycles. The molecule has 1 aliphatic carbocycles. The molecule has 1 N–H and O–H groups in total. The maximum Gasteiger partial charge on any atom is 0.0407 e. The molecule has 0 aromatic heterocycles. The molecule has 1 aromatic carbocycles. The lowest BCUT2D eigenvalue weighted by Gasteiger charge is -2.40. The summed E-state index contributed by atoms with van der Waals surface area (Å²) in [5.74, 6) is 0.746. The van der Waals surface area contributed by atoms with Crippen LogP contribution in [0.2, 0.25) is 5.02 Å². The maximum absolute atomic E-state index is 6.01. The lowest BCUT2D eigenvalue weighted by molar-refractivity contribution is 0.285. The summed E-state index contributed by atoms with van der Waals surface area (Å²) in [6.07, 6.45) is 8.27. The van der Waals surface area contributed by atoms with Gasteiger partial charge in [0, 0.05) is 35.9 Å². The molecule has 0 amide bonds.